The number of rotatable bonds is 2. The topological polar surface area (TPSA) is 37.8 Å². The van der Waals surface area contributed by atoms with Crippen LogP contribution in [0.1, 0.15) is 0 Å². The summed E-state index contributed by atoms with van der Waals surface area (Å²) >= 11 is 0. The molecule has 0 aliphatic carbocycles. The Morgan fingerprint density at radius 1 is 1.00 bits per heavy atom. The van der Waals surface area contributed by atoms with Gasteiger partial charge in [0.2, 0.25) is 0 Å². The molecular weight excluding hydrogens is 200 g/mol. The fourth-order valence-corrected chi connectivity index (χ4v) is 1.13. The first-order chi connectivity index (χ1) is 7.27. The average Bonchev–Trinajstić information content (AvgIpc) is 2.25. The predicted octanol–water partition coefficient (Wildman–Crippen LogP) is 2.50. The zero-order valence-electron chi connectivity index (χ0n) is 7.61. The lowest BCUT2D eigenvalue weighted by molar-refractivity contribution is 0.591. The first kappa shape index (κ1) is 9.51. The van der Waals surface area contributed by atoms with Crippen LogP contribution < -0.4 is 5.32 Å². The lowest BCUT2D eigenvalue weighted by Crippen LogP contribution is -1.97. The molecule has 0 fully saturated rings. The minimum Gasteiger partial charge on any atom is -0.348 e. The predicted molar refractivity (Wildman–Crippen MR) is 51.7 cm³/mol. The molecule has 0 atom stereocenters. The third-order valence-electron chi connectivity index (χ3n) is 1.79. The second-order valence-electron chi connectivity index (χ2n) is 2.85. The maximum atomic E-state index is 13.2. The molecule has 2 rings (SSSR count). The number of aromatic nitrogens is 2. The van der Waals surface area contributed by atoms with E-state index in [1.54, 1.807) is 0 Å². The SMILES string of the molecule is Fc1cccc(F)c1Nc1cncnc1. The summed E-state index contributed by atoms with van der Waals surface area (Å²) in [5.41, 5.74) is 0.230. The van der Waals surface area contributed by atoms with Gasteiger partial charge >= 0.3 is 0 Å². The lowest BCUT2D eigenvalue weighted by Gasteiger charge is -2.06. The molecule has 15 heavy (non-hydrogen) atoms. The summed E-state index contributed by atoms with van der Waals surface area (Å²) in [5.74, 6) is -1.31. The Kier molecular flexibility index (Phi) is 2.53. The molecular formula is C10H7F2N3. The van der Waals surface area contributed by atoms with Crippen molar-refractivity contribution in [3.8, 4) is 0 Å². The Hall–Kier alpha value is -2.04. The summed E-state index contributed by atoms with van der Waals surface area (Å²) in [4.78, 5) is 7.44. The summed E-state index contributed by atoms with van der Waals surface area (Å²) in [7, 11) is 0. The number of anilines is 2. The van der Waals surface area contributed by atoms with Crippen LogP contribution in [0, 0.1) is 11.6 Å². The number of para-hydroxylation sites is 1. The highest BCUT2D eigenvalue weighted by Crippen LogP contribution is 2.21. The Morgan fingerprint density at radius 2 is 1.60 bits per heavy atom. The van der Waals surface area contributed by atoms with E-state index >= 15 is 0 Å². The van der Waals surface area contributed by atoms with E-state index < -0.39 is 11.6 Å². The van der Waals surface area contributed by atoms with Gasteiger partial charge in [0.15, 0.2) is 0 Å². The Labute approximate surface area is 84.8 Å². The molecule has 0 spiro atoms. The van der Waals surface area contributed by atoms with Crippen molar-refractivity contribution in [2.75, 3.05) is 5.32 Å². The number of hydrogen-bond acceptors (Lipinski definition) is 3. The van der Waals surface area contributed by atoms with Crippen molar-refractivity contribution >= 4 is 11.4 Å². The molecule has 0 aliphatic rings. The van der Waals surface area contributed by atoms with E-state index in [1.165, 1.54) is 36.9 Å². The highest BCUT2D eigenvalue weighted by atomic mass is 19.1. The zero-order chi connectivity index (χ0) is 10.7. The third-order valence-corrected chi connectivity index (χ3v) is 1.79. The summed E-state index contributed by atoms with van der Waals surface area (Å²) in [5, 5.41) is 2.57. The van der Waals surface area contributed by atoms with Crippen LogP contribution in [0.3, 0.4) is 0 Å². The van der Waals surface area contributed by atoms with Crippen molar-refractivity contribution < 1.29 is 8.78 Å². The normalized spacial score (nSPS) is 10.0. The fraction of sp³-hybridized carbons (Fsp3) is 0. The van der Waals surface area contributed by atoms with Crippen LogP contribution in [0.15, 0.2) is 36.9 Å². The van der Waals surface area contributed by atoms with Crippen LogP contribution in [0.2, 0.25) is 0 Å². The van der Waals surface area contributed by atoms with E-state index in [-0.39, 0.29) is 5.69 Å². The van der Waals surface area contributed by atoms with Crippen molar-refractivity contribution in [2.45, 2.75) is 0 Å². The van der Waals surface area contributed by atoms with Gasteiger partial charge in [-0.2, -0.15) is 0 Å². The molecule has 5 heteroatoms. The fourth-order valence-electron chi connectivity index (χ4n) is 1.13. The van der Waals surface area contributed by atoms with Crippen LogP contribution in [0.4, 0.5) is 20.2 Å². The summed E-state index contributed by atoms with van der Waals surface area (Å²) in [6, 6.07) is 3.65. The number of benzene rings is 1. The van der Waals surface area contributed by atoms with Gasteiger partial charge in [0.25, 0.3) is 0 Å². The quantitative estimate of drug-likeness (QED) is 0.822. The average molecular weight is 207 g/mol. The molecule has 3 nitrogen and oxygen atoms in total. The van der Waals surface area contributed by atoms with Gasteiger partial charge in [-0.3, -0.25) is 0 Å². The van der Waals surface area contributed by atoms with Crippen LogP contribution in [0.25, 0.3) is 0 Å². The zero-order valence-corrected chi connectivity index (χ0v) is 7.61. The molecule has 1 heterocycles. The summed E-state index contributed by atoms with van der Waals surface area (Å²) in [6.45, 7) is 0. The van der Waals surface area contributed by atoms with E-state index in [9.17, 15) is 8.78 Å². The Morgan fingerprint density at radius 3 is 2.20 bits per heavy atom. The molecule has 0 saturated carbocycles. The van der Waals surface area contributed by atoms with Gasteiger partial charge in [0.1, 0.15) is 23.6 Å². The van der Waals surface area contributed by atoms with Crippen LogP contribution in [-0.2, 0) is 0 Å². The number of nitrogens with one attached hydrogen (secondary N) is 1. The van der Waals surface area contributed by atoms with Gasteiger partial charge in [-0.05, 0) is 12.1 Å². The van der Waals surface area contributed by atoms with E-state index in [0.29, 0.717) is 5.69 Å². The lowest BCUT2D eigenvalue weighted by atomic mass is 10.3. The molecule has 1 aromatic heterocycles. The summed E-state index contributed by atoms with van der Waals surface area (Å²) < 4.78 is 26.4. The molecule has 0 aliphatic heterocycles. The largest absolute Gasteiger partial charge is 0.348 e. The molecule has 0 unspecified atom stereocenters. The maximum absolute atomic E-state index is 13.2. The van der Waals surface area contributed by atoms with Crippen LogP contribution in [-0.4, -0.2) is 9.97 Å². The van der Waals surface area contributed by atoms with E-state index in [0.717, 1.165) is 0 Å². The molecule has 0 saturated heterocycles. The van der Waals surface area contributed by atoms with Gasteiger partial charge in [-0.15, -0.1) is 0 Å². The maximum Gasteiger partial charge on any atom is 0.149 e. The second kappa shape index (κ2) is 4.00. The van der Waals surface area contributed by atoms with E-state index in [1.807, 2.05) is 0 Å². The van der Waals surface area contributed by atoms with Gasteiger partial charge in [-0.25, -0.2) is 18.7 Å². The molecule has 0 bridgehead atoms. The molecule has 1 aromatic carbocycles. The summed E-state index contributed by atoms with van der Waals surface area (Å²) in [6.07, 6.45) is 4.20. The highest BCUT2D eigenvalue weighted by molar-refractivity contribution is 5.58. The van der Waals surface area contributed by atoms with Crippen molar-refractivity contribution in [3.05, 3.63) is 48.6 Å². The monoisotopic (exact) mass is 207 g/mol. The van der Waals surface area contributed by atoms with Crippen molar-refractivity contribution in [1.29, 1.82) is 0 Å². The minimum atomic E-state index is -0.654. The Bertz CT molecular complexity index is 439. The Balaban J connectivity index is 2.32. The molecule has 1 N–H and O–H groups in total. The second-order valence-corrected chi connectivity index (χ2v) is 2.85. The first-order valence-electron chi connectivity index (χ1n) is 4.23. The molecule has 2 aromatic rings. The van der Waals surface area contributed by atoms with Gasteiger partial charge in [0.05, 0.1) is 18.1 Å². The van der Waals surface area contributed by atoms with Crippen LogP contribution in [0.5, 0.6) is 0 Å². The van der Waals surface area contributed by atoms with Crippen LogP contribution >= 0.6 is 0 Å². The smallest absolute Gasteiger partial charge is 0.149 e. The molecule has 76 valence electrons. The van der Waals surface area contributed by atoms with Crippen molar-refractivity contribution in [3.63, 3.8) is 0 Å². The van der Waals surface area contributed by atoms with E-state index in [2.05, 4.69) is 15.3 Å². The van der Waals surface area contributed by atoms with Gasteiger partial charge in [-0.1, -0.05) is 6.07 Å². The number of hydrogen-bond donors (Lipinski definition) is 1. The third kappa shape index (κ3) is 2.07. The number of nitrogens with zero attached hydrogens (tertiary/aromatic N) is 2. The standard InChI is InChI=1S/C10H7F2N3/c11-8-2-1-3-9(12)10(8)15-7-4-13-6-14-5-7/h1-6,15H. The van der Waals surface area contributed by atoms with E-state index in [4.69, 9.17) is 0 Å². The first-order valence-corrected chi connectivity index (χ1v) is 4.23. The molecule has 0 radical (unpaired) electrons. The number of halogens is 2. The van der Waals surface area contributed by atoms with Gasteiger partial charge in [0, 0.05) is 0 Å². The minimum absolute atomic E-state index is 0.202. The molecule has 0 amide bonds. The highest BCUT2D eigenvalue weighted by Gasteiger charge is 2.07. The van der Waals surface area contributed by atoms with Crippen molar-refractivity contribution in [2.24, 2.45) is 0 Å². The van der Waals surface area contributed by atoms with Crippen molar-refractivity contribution in [1.82, 2.24) is 9.97 Å². The van der Waals surface area contributed by atoms with Gasteiger partial charge < -0.3 is 5.32 Å².